The summed E-state index contributed by atoms with van der Waals surface area (Å²) in [5.74, 6) is 0.420. The van der Waals surface area contributed by atoms with Crippen LogP contribution in [0, 0.1) is 5.82 Å². The number of hydrogen-bond acceptors (Lipinski definition) is 4. The van der Waals surface area contributed by atoms with Crippen LogP contribution in [0.25, 0.3) is 0 Å². The van der Waals surface area contributed by atoms with E-state index in [0.717, 1.165) is 24.2 Å². The SMILES string of the molecule is C=CCN(Cc1ccc(F)cc1)Cc1cnc(NC(C)C)nc1. The molecule has 2 rings (SSSR count). The summed E-state index contributed by atoms with van der Waals surface area (Å²) in [4.78, 5) is 10.9. The number of rotatable bonds is 8. The Morgan fingerprint density at radius 2 is 1.74 bits per heavy atom. The minimum atomic E-state index is -0.217. The van der Waals surface area contributed by atoms with E-state index in [1.807, 2.05) is 32.3 Å². The lowest BCUT2D eigenvalue weighted by molar-refractivity contribution is 0.285. The van der Waals surface area contributed by atoms with Gasteiger partial charge in [-0.15, -0.1) is 6.58 Å². The third kappa shape index (κ3) is 5.79. The number of hydrogen-bond donors (Lipinski definition) is 1. The van der Waals surface area contributed by atoms with Crippen LogP contribution < -0.4 is 5.32 Å². The fourth-order valence-corrected chi connectivity index (χ4v) is 2.24. The predicted octanol–water partition coefficient (Wildman–Crippen LogP) is 3.62. The van der Waals surface area contributed by atoms with Gasteiger partial charge in [0.25, 0.3) is 0 Å². The Balaban J connectivity index is 2.00. The van der Waals surface area contributed by atoms with Crippen molar-refractivity contribution in [3.63, 3.8) is 0 Å². The van der Waals surface area contributed by atoms with Gasteiger partial charge in [-0.25, -0.2) is 14.4 Å². The first-order valence-electron chi connectivity index (χ1n) is 7.72. The maximum absolute atomic E-state index is 13.0. The van der Waals surface area contributed by atoms with Gasteiger partial charge in [-0.1, -0.05) is 18.2 Å². The van der Waals surface area contributed by atoms with Gasteiger partial charge in [-0.2, -0.15) is 0 Å². The summed E-state index contributed by atoms with van der Waals surface area (Å²) in [6, 6.07) is 6.87. The minimum Gasteiger partial charge on any atom is -0.352 e. The highest BCUT2D eigenvalue weighted by Crippen LogP contribution is 2.11. The van der Waals surface area contributed by atoms with Gasteiger partial charge >= 0.3 is 0 Å². The van der Waals surface area contributed by atoms with E-state index in [1.165, 1.54) is 12.1 Å². The second kappa shape index (κ2) is 8.39. The molecule has 1 aromatic heterocycles. The van der Waals surface area contributed by atoms with E-state index in [2.05, 4.69) is 26.8 Å². The number of nitrogens with one attached hydrogen (secondary N) is 1. The maximum atomic E-state index is 13.0. The smallest absolute Gasteiger partial charge is 0.222 e. The van der Waals surface area contributed by atoms with Crippen molar-refractivity contribution in [2.75, 3.05) is 11.9 Å². The number of halogens is 1. The topological polar surface area (TPSA) is 41.1 Å². The zero-order valence-electron chi connectivity index (χ0n) is 13.7. The van der Waals surface area contributed by atoms with Gasteiger partial charge in [-0.3, -0.25) is 4.90 Å². The van der Waals surface area contributed by atoms with Gasteiger partial charge in [0.2, 0.25) is 5.95 Å². The molecule has 0 saturated heterocycles. The molecule has 0 bridgehead atoms. The second-order valence-electron chi connectivity index (χ2n) is 5.80. The average Bonchev–Trinajstić information content (AvgIpc) is 2.51. The molecule has 0 aliphatic rings. The van der Waals surface area contributed by atoms with Crippen molar-refractivity contribution in [1.29, 1.82) is 0 Å². The highest BCUT2D eigenvalue weighted by atomic mass is 19.1. The van der Waals surface area contributed by atoms with E-state index in [-0.39, 0.29) is 5.82 Å². The normalized spacial score (nSPS) is 11.0. The van der Waals surface area contributed by atoms with Gasteiger partial charge in [0.05, 0.1) is 0 Å². The van der Waals surface area contributed by atoms with E-state index in [9.17, 15) is 4.39 Å². The number of aromatic nitrogens is 2. The summed E-state index contributed by atoms with van der Waals surface area (Å²) >= 11 is 0. The van der Waals surface area contributed by atoms with E-state index in [4.69, 9.17) is 0 Å². The fraction of sp³-hybridized carbons (Fsp3) is 0.333. The van der Waals surface area contributed by atoms with Crippen LogP contribution in [-0.2, 0) is 13.1 Å². The van der Waals surface area contributed by atoms with Crippen LogP contribution in [0.3, 0.4) is 0 Å². The van der Waals surface area contributed by atoms with Crippen molar-refractivity contribution >= 4 is 5.95 Å². The van der Waals surface area contributed by atoms with Crippen molar-refractivity contribution in [1.82, 2.24) is 14.9 Å². The van der Waals surface area contributed by atoms with Crippen molar-refractivity contribution in [3.8, 4) is 0 Å². The highest BCUT2D eigenvalue weighted by Gasteiger charge is 2.07. The lowest BCUT2D eigenvalue weighted by Crippen LogP contribution is -2.23. The van der Waals surface area contributed by atoms with Gasteiger partial charge in [0.15, 0.2) is 0 Å². The first-order valence-corrected chi connectivity index (χ1v) is 7.72. The summed E-state index contributed by atoms with van der Waals surface area (Å²) in [5, 5.41) is 3.17. The first kappa shape index (κ1) is 17.1. The molecule has 0 aliphatic heterocycles. The molecule has 4 nitrogen and oxygen atoms in total. The van der Waals surface area contributed by atoms with Crippen LogP contribution in [0.5, 0.6) is 0 Å². The van der Waals surface area contributed by atoms with Crippen molar-refractivity contribution in [2.45, 2.75) is 33.0 Å². The first-order chi connectivity index (χ1) is 11.1. The summed E-state index contributed by atoms with van der Waals surface area (Å²) in [5.41, 5.74) is 2.09. The Morgan fingerprint density at radius 3 is 2.30 bits per heavy atom. The largest absolute Gasteiger partial charge is 0.352 e. The van der Waals surface area contributed by atoms with Crippen molar-refractivity contribution in [2.24, 2.45) is 0 Å². The molecule has 1 heterocycles. The third-order valence-electron chi connectivity index (χ3n) is 3.24. The van der Waals surface area contributed by atoms with Crippen LogP contribution >= 0.6 is 0 Å². The Labute approximate surface area is 137 Å². The molecule has 1 N–H and O–H groups in total. The monoisotopic (exact) mass is 314 g/mol. The lowest BCUT2D eigenvalue weighted by Gasteiger charge is -2.20. The Morgan fingerprint density at radius 1 is 1.13 bits per heavy atom. The average molecular weight is 314 g/mol. The quantitative estimate of drug-likeness (QED) is 0.756. The third-order valence-corrected chi connectivity index (χ3v) is 3.24. The van der Waals surface area contributed by atoms with Crippen LogP contribution in [0.15, 0.2) is 49.3 Å². The van der Waals surface area contributed by atoms with E-state index in [0.29, 0.717) is 18.5 Å². The van der Waals surface area contributed by atoms with Crippen molar-refractivity contribution < 1.29 is 4.39 Å². The molecule has 1 aromatic carbocycles. The van der Waals surface area contributed by atoms with Crippen LogP contribution in [0.2, 0.25) is 0 Å². The zero-order chi connectivity index (χ0) is 16.7. The molecule has 23 heavy (non-hydrogen) atoms. The lowest BCUT2D eigenvalue weighted by atomic mass is 10.2. The molecule has 122 valence electrons. The predicted molar refractivity (Wildman–Crippen MR) is 91.5 cm³/mol. The summed E-state index contributed by atoms with van der Waals surface area (Å²) in [6.07, 6.45) is 5.52. The summed E-state index contributed by atoms with van der Waals surface area (Å²) in [6.45, 7) is 10.1. The standard InChI is InChI=1S/C18H23FN4/c1-4-9-23(12-15-5-7-17(19)8-6-15)13-16-10-20-18(21-11-16)22-14(2)3/h4-8,10-11,14H,1,9,12-13H2,2-3H3,(H,20,21,22). The van der Waals surface area contributed by atoms with Crippen LogP contribution in [0.1, 0.15) is 25.0 Å². The molecule has 0 fully saturated rings. The Bertz CT molecular complexity index is 608. The molecular weight excluding hydrogens is 291 g/mol. The molecule has 0 unspecified atom stereocenters. The molecule has 0 radical (unpaired) electrons. The maximum Gasteiger partial charge on any atom is 0.222 e. The number of nitrogens with zero attached hydrogens (tertiary/aromatic N) is 3. The van der Waals surface area contributed by atoms with Crippen molar-refractivity contribution in [3.05, 3.63) is 66.3 Å². The Kier molecular flexibility index (Phi) is 6.23. The molecule has 5 heteroatoms. The molecule has 0 saturated carbocycles. The van der Waals surface area contributed by atoms with Crippen LogP contribution in [-0.4, -0.2) is 27.5 Å². The zero-order valence-corrected chi connectivity index (χ0v) is 13.7. The minimum absolute atomic E-state index is 0.217. The molecular formula is C18H23FN4. The van der Waals surface area contributed by atoms with Gasteiger partial charge in [0, 0.05) is 43.6 Å². The summed E-state index contributed by atoms with van der Waals surface area (Å²) in [7, 11) is 0. The fourth-order valence-electron chi connectivity index (χ4n) is 2.24. The molecule has 0 spiro atoms. The summed E-state index contributed by atoms with van der Waals surface area (Å²) < 4.78 is 13.0. The number of benzene rings is 1. The number of anilines is 1. The molecule has 0 aliphatic carbocycles. The van der Waals surface area contributed by atoms with E-state index < -0.39 is 0 Å². The molecule has 2 aromatic rings. The van der Waals surface area contributed by atoms with E-state index >= 15 is 0 Å². The molecule has 0 atom stereocenters. The van der Waals surface area contributed by atoms with E-state index in [1.54, 1.807) is 12.1 Å². The Hall–Kier alpha value is -2.27. The van der Waals surface area contributed by atoms with Crippen LogP contribution in [0.4, 0.5) is 10.3 Å². The second-order valence-corrected chi connectivity index (χ2v) is 5.80. The highest BCUT2D eigenvalue weighted by molar-refractivity contribution is 5.25. The van der Waals surface area contributed by atoms with Gasteiger partial charge in [0.1, 0.15) is 5.82 Å². The molecule has 0 amide bonds. The van der Waals surface area contributed by atoms with Gasteiger partial charge in [-0.05, 0) is 31.5 Å². The van der Waals surface area contributed by atoms with Gasteiger partial charge < -0.3 is 5.32 Å².